The molecule has 4 heteroatoms. The van der Waals surface area contributed by atoms with Gasteiger partial charge in [-0.15, -0.1) is 0 Å². The Labute approximate surface area is 136 Å². The number of benzene rings is 1. The van der Waals surface area contributed by atoms with E-state index in [0.29, 0.717) is 18.5 Å². The molecule has 1 amide bonds. The fourth-order valence-electron chi connectivity index (χ4n) is 2.97. The minimum absolute atomic E-state index is 0.0257. The zero-order chi connectivity index (χ0) is 15.1. The summed E-state index contributed by atoms with van der Waals surface area (Å²) >= 11 is 3.39. The van der Waals surface area contributed by atoms with Crippen LogP contribution in [0.3, 0.4) is 0 Å². The zero-order valence-corrected chi connectivity index (χ0v) is 14.3. The molecule has 0 saturated heterocycles. The summed E-state index contributed by atoms with van der Waals surface area (Å²) in [5.74, 6) is 0.741. The summed E-state index contributed by atoms with van der Waals surface area (Å²) in [6.07, 6.45) is 8.00. The van der Waals surface area contributed by atoms with Crippen molar-refractivity contribution in [3.8, 4) is 0 Å². The minimum atomic E-state index is 0.0257. The van der Waals surface area contributed by atoms with Gasteiger partial charge in [0, 0.05) is 16.2 Å². The summed E-state index contributed by atoms with van der Waals surface area (Å²) in [4.78, 5) is 12.0. The number of nitrogens with one attached hydrogen (secondary N) is 2. The van der Waals surface area contributed by atoms with Gasteiger partial charge < -0.3 is 10.6 Å². The molecule has 0 radical (unpaired) electrons. The van der Waals surface area contributed by atoms with Gasteiger partial charge in [0.05, 0.1) is 6.54 Å². The second kappa shape index (κ2) is 8.54. The highest BCUT2D eigenvalue weighted by Gasteiger charge is 2.19. The maximum Gasteiger partial charge on any atom is 0.238 e. The average molecular weight is 353 g/mol. The smallest absolute Gasteiger partial charge is 0.238 e. The third-order valence-electron chi connectivity index (χ3n) is 4.32. The van der Waals surface area contributed by atoms with E-state index >= 15 is 0 Å². The lowest BCUT2D eigenvalue weighted by Gasteiger charge is -2.23. The first kappa shape index (κ1) is 16.5. The molecule has 1 saturated carbocycles. The first-order valence-electron chi connectivity index (χ1n) is 7.94. The Morgan fingerprint density at radius 2 is 1.81 bits per heavy atom. The normalized spacial score (nSPS) is 18.0. The molecular weight excluding hydrogens is 328 g/mol. The van der Waals surface area contributed by atoms with Gasteiger partial charge in [0.2, 0.25) is 5.91 Å². The molecule has 0 aliphatic heterocycles. The number of halogens is 1. The quantitative estimate of drug-likeness (QED) is 0.774. The SMILES string of the molecule is C[C@H](NCC(=O)Nc1ccc(Br)cc1)C1CCCCCC1. The lowest BCUT2D eigenvalue weighted by Crippen LogP contribution is -2.38. The largest absolute Gasteiger partial charge is 0.325 e. The standard InChI is InChI=1S/C17H25BrN2O/c1-13(14-6-4-2-3-5-7-14)19-12-17(21)20-16-10-8-15(18)9-11-16/h8-11,13-14,19H,2-7,12H2,1H3,(H,20,21)/t13-/m0/s1. The van der Waals surface area contributed by atoms with E-state index in [4.69, 9.17) is 0 Å². The number of carbonyl (C=O) groups excluding carboxylic acids is 1. The molecule has 0 bridgehead atoms. The van der Waals surface area contributed by atoms with Crippen molar-refractivity contribution in [2.75, 3.05) is 11.9 Å². The molecule has 1 aromatic carbocycles. The number of hydrogen-bond acceptors (Lipinski definition) is 2. The molecule has 3 nitrogen and oxygen atoms in total. The topological polar surface area (TPSA) is 41.1 Å². The highest BCUT2D eigenvalue weighted by Crippen LogP contribution is 2.25. The van der Waals surface area contributed by atoms with Gasteiger partial charge >= 0.3 is 0 Å². The average Bonchev–Trinajstić information content (AvgIpc) is 2.76. The zero-order valence-electron chi connectivity index (χ0n) is 12.7. The number of hydrogen-bond donors (Lipinski definition) is 2. The summed E-state index contributed by atoms with van der Waals surface area (Å²) < 4.78 is 1.01. The lowest BCUT2D eigenvalue weighted by molar-refractivity contribution is -0.115. The van der Waals surface area contributed by atoms with Gasteiger partial charge in [0.25, 0.3) is 0 Å². The van der Waals surface area contributed by atoms with Crippen LogP contribution < -0.4 is 10.6 Å². The Morgan fingerprint density at radius 1 is 1.19 bits per heavy atom. The Morgan fingerprint density at radius 3 is 2.43 bits per heavy atom. The van der Waals surface area contributed by atoms with Crippen molar-refractivity contribution < 1.29 is 4.79 Å². The summed E-state index contributed by atoms with van der Waals surface area (Å²) in [5, 5.41) is 6.31. The Kier molecular flexibility index (Phi) is 6.71. The van der Waals surface area contributed by atoms with Crippen LogP contribution in [0.2, 0.25) is 0 Å². The van der Waals surface area contributed by atoms with Crippen LogP contribution in [0.5, 0.6) is 0 Å². The van der Waals surface area contributed by atoms with Gasteiger partial charge in [-0.3, -0.25) is 4.79 Å². The molecule has 1 fully saturated rings. The maximum atomic E-state index is 12.0. The van der Waals surface area contributed by atoms with Gasteiger partial charge in [0.15, 0.2) is 0 Å². The Hall–Kier alpha value is -0.870. The lowest BCUT2D eigenvalue weighted by atomic mass is 9.93. The second-order valence-corrected chi connectivity index (χ2v) is 6.89. The van der Waals surface area contributed by atoms with Gasteiger partial charge in [-0.05, 0) is 49.9 Å². The molecule has 0 spiro atoms. The van der Waals surface area contributed by atoms with Gasteiger partial charge in [-0.1, -0.05) is 41.6 Å². The van der Waals surface area contributed by atoms with E-state index in [1.807, 2.05) is 24.3 Å². The van der Waals surface area contributed by atoms with Crippen molar-refractivity contribution in [2.24, 2.45) is 5.92 Å². The molecule has 1 aliphatic rings. The summed E-state index contributed by atoms with van der Waals surface area (Å²) in [5.41, 5.74) is 0.840. The van der Waals surface area contributed by atoms with E-state index in [9.17, 15) is 4.79 Å². The van der Waals surface area contributed by atoms with Gasteiger partial charge in [0.1, 0.15) is 0 Å². The van der Waals surface area contributed by atoms with Crippen molar-refractivity contribution in [1.29, 1.82) is 0 Å². The Bertz CT molecular complexity index is 439. The van der Waals surface area contributed by atoms with E-state index < -0.39 is 0 Å². The van der Waals surface area contributed by atoms with E-state index in [2.05, 4.69) is 33.5 Å². The fourth-order valence-corrected chi connectivity index (χ4v) is 3.23. The van der Waals surface area contributed by atoms with Gasteiger partial charge in [-0.25, -0.2) is 0 Å². The number of anilines is 1. The molecule has 2 N–H and O–H groups in total. The summed E-state index contributed by atoms with van der Waals surface area (Å²) in [7, 11) is 0. The molecule has 1 aliphatic carbocycles. The molecule has 116 valence electrons. The van der Waals surface area contributed by atoms with Crippen LogP contribution in [0.15, 0.2) is 28.7 Å². The monoisotopic (exact) mass is 352 g/mol. The van der Waals surface area contributed by atoms with E-state index in [1.54, 1.807) is 0 Å². The molecule has 1 atom stereocenters. The van der Waals surface area contributed by atoms with E-state index in [-0.39, 0.29) is 5.91 Å². The van der Waals surface area contributed by atoms with Crippen LogP contribution in [0.4, 0.5) is 5.69 Å². The molecule has 0 aromatic heterocycles. The molecular formula is C17H25BrN2O. The third-order valence-corrected chi connectivity index (χ3v) is 4.85. The van der Waals surface area contributed by atoms with Crippen molar-refractivity contribution in [1.82, 2.24) is 5.32 Å². The van der Waals surface area contributed by atoms with Crippen molar-refractivity contribution in [3.05, 3.63) is 28.7 Å². The van der Waals surface area contributed by atoms with Crippen LogP contribution in [0.25, 0.3) is 0 Å². The second-order valence-electron chi connectivity index (χ2n) is 5.98. The van der Waals surface area contributed by atoms with Crippen molar-refractivity contribution in [3.63, 3.8) is 0 Å². The molecule has 1 aromatic rings. The molecule has 0 heterocycles. The molecule has 2 rings (SSSR count). The van der Waals surface area contributed by atoms with E-state index in [1.165, 1.54) is 38.5 Å². The predicted molar refractivity (Wildman–Crippen MR) is 91.4 cm³/mol. The first-order valence-corrected chi connectivity index (χ1v) is 8.73. The highest BCUT2D eigenvalue weighted by atomic mass is 79.9. The minimum Gasteiger partial charge on any atom is -0.325 e. The number of rotatable bonds is 5. The van der Waals surface area contributed by atoms with Crippen LogP contribution in [-0.2, 0) is 4.79 Å². The highest BCUT2D eigenvalue weighted by molar-refractivity contribution is 9.10. The third kappa shape index (κ3) is 5.79. The van der Waals surface area contributed by atoms with Crippen LogP contribution in [0.1, 0.15) is 45.4 Å². The molecule has 21 heavy (non-hydrogen) atoms. The van der Waals surface area contributed by atoms with Crippen molar-refractivity contribution >= 4 is 27.5 Å². The van der Waals surface area contributed by atoms with Crippen LogP contribution >= 0.6 is 15.9 Å². The predicted octanol–water partition coefficient (Wildman–Crippen LogP) is 4.34. The Balaban J connectivity index is 1.73. The first-order chi connectivity index (χ1) is 10.1. The van der Waals surface area contributed by atoms with Gasteiger partial charge in [-0.2, -0.15) is 0 Å². The summed E-state index contributed by atoms with van der Waals surface area (Å²) in [6.45, 7) is 2.59. The molecule has 0 unspecified atom stereocenters. The maximum absolute atomic E-state index is 12.0. The van der Waals surface area contributed by atoms with Crippen LogP contribution in [-0.4, -0.2) is 18.5 Å². The number of carbonyl (C=O) groups is 1. The summed E-state index contributed by atoms with van der Waals surface area (Å²) in [6, 6.07) is 8.07. The number of amides is 1. The van der Waals surface area contributed by atoms with E-state index in [0.717, 1.165) is 10.2 Å². The van der Waals surface area contributed by atoms with Crippen molar-refractivity contribution in [2.45, 2.75) is 51.5 Å². The van der Waals surface area contributed by atoms with Crippen LogP contribution in [0, 0.1) is 5.92 Å². The fraction of sp³-hybridized carbons (Fsp3) is 0.588.